The van der Waals surface area contributed by atoms with E-state index in [2.05, 4.69) is 0 Å². The third-order valence-electron chi connectivity index (χ3n) is 7.54. The van der Waals surface area contributed by atoms with Gasteiger partial charge in [0.25, 0.3) is 0 Å². The lowest BCUT2D eigenvalue weighted by atomic mass is 9.91. The van der Waals surface area contributed by atoms with Crippen molar-refractivity contribution < 1.29 is 57.7 Å². The molecule has 2 unspecified atom stereocenters. The average Bonchev–Trinajstić information content (AvgIpc) is 3.62. The van der Waals surface area contributed by atoms with Crippen LogP contribution in [-0.4, -0.2) is 73.4 Å². The second kappa shape index (κ2) is 15.6. The number of aliphatic hydroxyl groups is 2. The molecule has 2 aliphatic rings. The number of fused-ring (bicyclic) bond motifs is 2. The first-order valence-electron chi connectivity index (χ1n) is 15.4. The van der Waals surface area contributed by atoms with Gasteiger partial charge in [-0.05, 0) is 64.8 Å². The molecule has 4 rings (SSSR count). The van der Waals surface area contributed by atoms with Gasteiger partial charge in [0, 0.05) is 26.0 Å². The monoisotopic (exact) mass is 648 g/mol. The largest absolute Gasteiger partial charge is 0.491 e. The Hall–Kier alpha value is -3.90. The zero-order valence-corrected chi connectivity index (χ0v) is 28.0. The van der Waals surface area contributed by atoms with Crippen molar-refractivity contribution in [3.63, 3.8) is 0 Å². The van der Waals surface area contributed by atoms with E-state index >= 15 is 0 Å². The van der Waals surface area contributed by atoms with Crippen molar-refractivity contribution in [3.05, 3.63) is 36.4 Å². The van der Waals surface area contributed by atoms with Gasteiger partial charge in [-0.25, -0.2) is 0 Å². The fourth-order valence-electron chi connectivity index (χ4n) is 3.76. The number of benzene rings is 2. The van der Waals surface area contributed by atoms with Crippen LogP contribution in [0, 0.1) is 10.8 Å². The molecule has 0 saturated carbocycles. The molecule has 2 aliphatic heterocycles. The Labute approximate surface area is 270 Å². The summed E-state index contributed by atoms with van der Waals surface area (Å²) in [6.45, 7) is 14.8. The van der Waals surface area contributed by atoms with E-state index in [4.69, 9.17) is 37.9 Å². The van der Waals surface area contributed by atoms with E-state index < -0.39 is 28.8 Å². The van der Waals surface area contributed by atoms with E-state index in [0.29, 0.717) is 47.3 Å². The average molecular weight is 649 g/mol. The molecule has 2 aromatic carbocycles. The molecule has 2 heterocycles. The normalized spacial score (nSPS) is 15.6. The van der Waals surface area contributed by atoms with Crippen molar-refractivity contribution in [2.75, 3.05) is 33.2 Å². The van der Waals surface area contributed by atoms with Gasteiger partial charge in [0.05, 0.1) is 10.8 Å². The molecule has 2 aromatic rings. The lowest BCUT2D eigenvalue weighted by Crippen LogP contribution is -2.31. The van der Waals surface area contributed by atoms with Gasteiger partial charge >= 0.3 is 11.9 Å². The van der Waals surface area contributed by atoms with Gasteiger partial charge in [-0.1, -0.05) is 13.8 Å². The van der Waals surface area contributed by atoms with Crippen molar-refractivity contribution in [1.82, 2.24) is 0 Å². The molecule has 0 amide bonds. The van der Waals surface area contributed by atoms with Crippen LogP contribution in [0.4, 0.5) is 0 Å². The summed E-state index contributed by atoms with van der Waals surface area (Å²) in [5.74, 6) is 2.31. The summed E-state index contributed by atoms with van der Waals surface area (Å²) in [6, 6.07) is 10.4. The number of hydrogen-bond acceptors (Lipinski definition) is 12. The van der Waals surface area contributed by atoms with E-state index in [0.717, 1.165) is 0 Å². The molecule has 12 nitrogen and oxygen atoms in total. The summed E-state index contributed by atoms with van der Waals surface area (Å²) in [5, 5.41) is 19.7. The van der Waals surface area contributed by atoms with E-state index in [1.807, 2.05) is 55.4 Å². The zero-order valence-electron chi connectivity index (χ0n) is 28.0. The minimum Gasteiger partial charge on any atom is -0.491 e. The van der Waals surface area contributed by atoms with Crippen molar-refractivity contribution >= 4 is 11.9 Å². The maximum absolute atomic E-state index is 11.9. The summed E-state index contributed by atoms with van der Waals surface area (Å²) < 4.78 is 42.9. The Morgan fingerprint density at radius 2 is 1.15 bits per heavy atom. The van der Waals surface area contributed by atoms with Crippen LogP contribution in [0.25, 0.3) is 0 Å². The zero-order chi connectivity index (χ0) is 34.1. The van der Waals surface area contributed by atoms with Gasteiger partial charge in [-0.2, -0.15) is 0 Å². The number of esters is 2. The molecular weight excluding hydrogens is 600 g/mol. The smallest absolute Gasteiger partial charge is 0.311 e. The Kier molecular flexibility index (Phi) is 12.4. The lowest BCUT2D eigenvalue weighted by molar-refractivity contribution is -0.158. The molecule has 0 radical (unpaired) electrons. The Bertz CT molecular complexity index is 1320. The quantitative estimate of drug-likeness (QED) is 0.264. The van der Waals surface area contributed by atoms with E-state index in [1.54, 1.807) is 36.4 Å². The van der Waals surface area contributed by atoms with Crippen molar-refractivity contribution in [1.29, 1.82) is 0 Å². The van der Waals surface area contributed by atoms with Gasteiger partial charge < -0.3 is 48.1 Å². The van der Waals surface area contributed by atoms with E-state index in [9.17, 15) is 19.8 Å². The molecule has 2 N–H and O–H groups in total. The van der Waals surface area contributed by atoms with Crippen LogP contribution in [-0.2, 0) is 19.1 Å². The number of hydrogen-bond donors (Lipinski definition) is 2. The molecule has 0 aromatic heterocycles. The maximum Gasteiger partial charge on any atom is 0.311 e. The summed E-state index contributed by atoms with van der Waals surface area (Å²) in [5.41, 5.74) is -1.09. The van der Waals surface area contributed by atoms with Crippen LogP contribution in [0.15, 0.2) is 36.4 Å². The van der Waals surface area contributed by atoms with Crippen LogP contribution in [0.5, 0.6) is 34.5 Å². The first kappa shape index (κ1) is 36.6. The van der Waals surface area contributed by atoms with Crippen LogP contribution in [0.1, 0.15) is 68.2 Å². The summed E-state index contributed by atoms with van der Waals surface area (Å²) in [4.78, 5) is 23.7. The molecule has 0 fully saturated rings. The molecular formula is C34H48O12. The van der Waals surface area contributed by atoms with Crippen molar-refractivity contribution in [3.8, 4) is 34.5 Å². The lowest BCUT2D eigenvalue weighted by Gasteiger charge is -2.21. The molecule has 2 atom stereocenters. The van der Waals surface area contributed by atoms with Crippen LogP contribution in [0.2, 0.25) is 0 Å². The first-order chi connectivity index (χ1) is 21.5. The highest BCUT2D eigenvalue weighted by molar-refractivity contribution is 5.76. The predicted molar refractivity (Wildman–Crippen MR) is 167 cm³/mol. The van der Waals surface area contributed by atoms with Gasteiger partial charge in [0.15, 0.2) is 23.0 Å². The standard InChI is InChI=1S/C18H26O6.C16H22O6/c1-6-17(2,3)16(20)22-11-12(19)10-21-13-7-8-14-15(9-13)24-18(4,5)23-14;1-4-16(2,3)15(18)20-9-11(17)8-19-12-5-6-13-14(7-12)22-10-21-13/h7-9,12,19H,6,10-11H2,1-5H3;5-7,11,17H,4,8-10H2,1-3H3. The Balaban J connectivity index is 0.000000251. The summed E-state index contributed by atoms with van der Waals surface area (Å²) in [6.07, 6.45) is -0.438. The topological polar surface area (TPSA) is 148 Å². The number of carbonyl (C=O) groups excluding carboxylic acids is 2. The maximum atomic E-state index is 11.9. The molecule has 12 heteroatoms. The molecule has 256 valence electrons. The Morgan fingerprint density at radius 3 is 1.65 bits per heavy atom. The third kappa shape index (κ3) is 10.6. The first-order valence-corrected chi connectivity index (χ1v) is 15.4. The third-order valence-corrected chi connectivity index (χ3v) is 7.54. The highest BCUT2D eigenvalue weighted by Crippen LogP contribution is 2.41. The van der Waals surface area contributed by atoms with Gasteiger partial charge in [0.1, 0.15) is 50.1 Å². The van der Waals surface area contributed by atoms with E-state index in [1.165, 1.54) is 0 Å². The minimum absolute atomic E-state index is 0.0167. The number of carbonyl (C=O) groups is 2. The number of ether oxygens (including phenoxy) is 8. The van der Waals surface area contributed by atoms with Gasteiger partial charge in [0.2, 0.25) is 12.6 Å². The molecule has 0 bridgehead atoms. The van der Waals surface area contributed by atoms with E-state index in [-0.39, 0.29) is 45.2 Å². The SMILES string of the molecule is CCC(C)(C)C(=O)OCC(O)COc1ccc2c(c1)OC(C)(C)O2.CCC(C)(C)C(=O)OCC(O)COc1ccc2c(c1)OCO2. The fourth-order valence-corrected chi connectivity index (χ4v) is 3.76. The van der Waals surface area contributed by atoms with Crippen LogP contribution < -0.4 is 28.4 Å². The number of aliphatic hydroxyl groups excluding tert-OH is 2. The minimum atomic E-state index is -0.900. The van der Waals surface area contributed by atoms with Crippen LogP contribution in [0.3, 0.4) is 0 Å². The summed E-state index contributed by atoms with van der Waals surface area (Å²) >= 11 is 0. The molecule has 0 saturated heterocycles. The molecule has 46 heavy (non-hydrogen) atoms. The van der Waals surface area contributed by atoms with Crippen LogP contribution >= 0.6 is 0 Å². The highest BCUT2D eigenvalue weighted by Gasteiger charge is 2.32. The second-order valence-electron chi connectivity index (χ2n) is 12.8. The van der Waals surface area contributed by atoms with Gasteiger partial charge in [-0.3, -0.25) is 9.59 Å². The molecule has 0 spiro atoms. The fraction of sp³-hybridized carbons (Fsp3) is 0.588. The molecule has 0 aliphatic carbocycles. The number of rotatable bonds is 14. The highest BCUT2D eigenvalue weighted by atomic mass is 16.7. The van der Waals surface area contributed by atoms with Gasteiger partial charge in [-0.15, -0.1) is 0 Å². The van der Waals surface area contributed by atoms with Crippen molar-refractivity contribution in [2.24, 2.45) is 10.8 Å². The summed E-state index contributed by atoms with van der Waals surface area (Å²) in [7, 11) is 0. The van der Waals surface area contributed by atoms with Crippen molar-refractivity contribution in [2.45, 2.75) is 86.2 Å². The Morgan fingerprint density at radius 1 is 0.717 bits per heavy atom. The predicted octanol–water partition coefficient (Wildman–Crippen LogP) is 5.05. The second-order valence-corrected chi connectivity index (χ2v) is 12.8.